The minimum atomic E-state index is -3.68. The van der Waals surface area contributed by atoms with E-state index in [-0.39, 0.29) is 11.3 Å². The van der Waals surface area contributed by atoms with Crippen molar-refractivity contribution in [3.63, 3.8) is 0 Å². The first-order valence-electron chi connectivity index (χ1n) is 9.62. The summed E-state index contributed by atoms with van der Waals surface area (Å²) in [7, 11) is -3.68. The number of nitrogens with zero attached hydrogens (tertiary/aromatic N) is 2. The number of benzene rings is 2. The fraction of sp³-hybridized carbons (Fsp3) is 0.174. The maximum Gasteiger partial charge on any atom is 0.255 e. The van der Waals surface area contributed by atoms with E-state index in [1.807, 2.05) is 39.0 Å². The summed E-state index contributed by atoms with van der Waals surface area (Å²) in [6.45, 7) is 6.02. The molecule has 0 saturated heterocycles. The van der Waals surface area contributed by atoms with Crippen LogP contribution in [0.2, 0.25) is 0 Å². The molecule has 7 nitrogen and oxygen atoms in total. The number of carbonyl (C=O) groups excluding carboxylic acids is 1. The van der Waals surface area contributed by atoms with E-state index in [9.17, 15) is 13.2 Å². The molecule has 0 aliphatic rings. The SMILES string of the molecule is CC(C)(C)c1ncc(NC(=O)c2ccc(NS(=O)(=O)/C=C/c3ccccc3)cc2)cn1. The molecular weight excluding hydrogens is 412 g/mol. The first kappa shape index (κ1) is 22.2. The van der Waals surface area contributed by atoms with Crippen LogP contribution in [-0.2, 0) is 15.4 Å². The summed E-state index contributed by atoms with van der Waals surface area (Å²) in [4.78, 5) is 21.0. The molecule has 0 saturated carbocycles. The van der Waals surface area contributed by atoms with E-state index in [0.29, 0.717) is 22.8 Å². The quantitative estimate of drug-likeness (QED) is 0.595. The van der Waals surface area contributed by atoms with E-state index in [1.165, 1.54) is 18.2 Å². The van der Waals surface area contributed by atoms with E-state index in [4.69, 9.17) is 0 Å². The van der Waals surface area contributed by atoms with Crippen LogP contribution in [0, 0.1) is 0 Å². The van der Waals surface area contributed by atoms with Crippen molar-refractivity contribution in [3.05, 3.63) is 89.4 Å². The van der Waals surface area contributed by atoms with Gasteiger partial charge in [-0.15, -0.1) is 0 Å². The molecule has 8 heteroatoms. The summed E-state index contributed by atoms with van der Waals surface area (Å²) in [6.07, 6.45) is 4.64. The summed E-state index contributed by atoms with van der Waals surface area (Å²) in [5.74, 6) is 0.342. The third kappa shape index (κ3) is 6.48. The van der Waals surface area contributed by atoms with Gasteiger partial charge in [-0.25, -0.2) is 18.4 Å². The molecule has 160 valence electrons. The maximum atomic E-state index is 12.4. The summed E-state index contributed by atoms with van der Waals surface area (Å²) < 4.78 is 26.9. The molecule has 1 aromatic heterocycles. The second kappa shape index (κ2) is 9.09. The summed E-state index contributed by atoms with van der Waals surface area (Å²) >= 11 is 0. The summed E-state index contributed by atoms with van der Waals surface area (Å²) in [5, 5.41) is 3.83. The van der Waals surface area contributed by atoms with Crippen LogP contribution in [0.25, 0.3) is 6.08 Å². The number of hydrogen-bond acceptors (Lipinski definition) is 5. The average Bonchev–Trinajstić information content (AvgIpc) is 2.73. The predicted molar refractivity (Wildman–Crippen MR) is 123 cm³/mol. The average molecular weight is 437 g/mol. The number of amides is 1. The zero-order chi connectivity index (χ0) is 22.5. The number of rotatable bonds is 6. The van der Waals surface area contributed by atoms with Crippen molar-refractivity contribution in [1.82, 2.24) is 9.97 Å². The fourth-order valence-electron chi connectivity index (χ4n) is 2.60. The van der Waals surface area contributed by atoms with Crippen LogP contribution in [0.15, 0.2) is 72.4 Å². The van der Waals surface area contributed by atoms with Gasteiger partial charge in [-0.1, -0.05) is 51.1 Å². The summed E-state index contributed by atoms with van der Waals surface area (Å²) in [5.41, 5.74) is 1.81. The third-order valence-corrected chi connectivity index (χ3v) is 5.24. The molecule has 0 fully saturated rings. The normalized spacial score (nSPS) is 12.0. The Morgan fingerprint density at radius 2 is 1.52 bits per heavy atom. The molecule has 3 aromatic rings. The van der Waals surface area contributed by atoms with Crippen molar-refractivity contribution < 1.29 is 13.2 Å². The molecule has 2 N–H and O–H groups in total. The third-order valence-electron chi connectivity index (χ3n) is 4.23. The molecule has 2 aromatic carbocycles. The lowest BCUT2D eigenvalue weighted by atomic mass is 9.96. The Morgan fingerprint density at radius 1 is 0.903 bits per heavy atom. The van der Waals surface area contributed by atoms with Gasteiger partial charge in [0.05, 0.1) is 23.5 Å². The van der Waals surface area contributed by atoms with E-state index >= 15 is 0 Å². The molecule has 0 radical (unpaired) electrons. The monoisotopic (exact) mass is 436 g/mol. The minimum absolute atomic E-state index is 0.179. The molecule has 0 aliphatic heterocycles. The molecule has 0 spiro atoms. The highest BCUT2D eigenvalue weighted by molar-refractivity contribution is 7.95. The van der Waals surface area contributed by atoms with Crippen LogP contribution in [0.3, 0.4) is 0 Å². The topological polar surface area (TPSA) is 101 Å². The molecule has 3 rings (SSSR count). The highest BCUT2D eigenvalue weighted by Gasteiger charge is 2.17. The largest absolute Gasteiger partial charge is 0.319 e. The second-order valence-electron chi connectivity index (χ2n) is 7.94. The van der Waals surface area contributed by atoms with E-state index in [2.05, 4.69) is 20.0 Å². The van der Waals surface area contributed by atoms with Gasteiger partial charge < -0.3 is 5.32 Å². The van der Waals surface area contributed by atoms with Gasteiger partial charge >= 0.3 is 0 Å². The number of hydrogen-bond donors (Lipinski definition) is 2. The van der Waals surface area contributed by atoms with Crippen molar-refractivity contribution in [2.24, 2.45) is 0 Å². The Kier molecular flexibility index (Phi) is 6.50. The Morgan fingerprint density at radius 3 is 2.10 bits per heavy atom. The van der Waals surface area contributed by atoms with E-state index in [0.717, 1.165) is 11.0 Å². The van der Waals surface area contributed by atoms with Gasteiger partial charge in [-0.05, 0) is 35.9 Å². The molecular formula is C23H24N4O3S. The molecule has 1 heterocycles. The van der Waals surface area contributed by atoms with Gasteiger partial charge in [-0.2, -0.15) is 0 Å². The Balaban J connectivity index is 1.63. The van der Waals surface area contributed by atoms with Gasteiger partial charge in [0.1, 0.15) is 5.82 Å². The number of carbonyl (C=O) groups is 1. The minimum Gasteiger partial charge on any atom is -0.319 e. The first-order valence-corrected chi connectivity index (χ1v) is 11.2. The van der Waals surface area contributed by atoms with Crippen LogP contribution in [0.1, 0.15) is 42.5 Å². The van der Waals surface area contributed by atoms with Gasteiger partial charge in [-0.3, -0.25) is 9.52 Å². The first-order chi connectivity index (χ1) is 14.6. The van der Waals surface area contributed by atoms with Crippen LogP contribution >= 0.6 is 0 Å². The maximum absolute atomic E-state index is 12.4. The van der Waals surface area contributed by atoms with Gasteiger partial charge in [0.15, 0.2) is 0 Å². The molecule has 0 unspecified atom stereocenters. The molecule has 1 amide bonds. The number of sulfonamides is 1. The fourth-order valence-corrected chi connectivity index (χ4v) is 3.47. The predicted octanol–water partition coefficient (Wildman–Crippen LogP) is 4.44. The van der Waals surface area contributed by atoms with E-state index < -0.39 is 10.0 Å². The van der Waals surface area contributed by atoms with Gasteiger partial charge in [0.25, 0.3) is 15.9 Å². The van der Waals surface area contributed by atoms with Crippen molar-refractivity contribution >= 4 is 33.4 Å². The molecule has 0 bridgehead atoms. The highest BCUT2D eigenvalue weighted by atomic mass is 32.2. The van der Waals surface area contributed by atoms with Gasteiger partial charge in [0, 0.05) is 16.7 Å². The highest BCUT2D eigenvalue weighted by Crippen LogP contribution is 2.19. The van der Waals surface area contributed by atoms with Crippen LogP contribution in [0.5, 0.6) is 0 Å². The second-order valence-corrected chi connectivity index (χ2v) is 9.50. The van der Waals surface area contributed by atoms with Crippen LogP contribution in [0.4, 0.5) is 11.4 Å². The zero-order valence-electron chi connectivity index (χ0n) is 17.5. The van der Waals surface area contributed by atoms with Crippen LogP contribution in [-0.4, -0.2) is 24.3 Å². The molecule has 0 atom stereocenters. The van der Waals surface area contributed by atoms with Crippen molar-refractivity contribution in [2.45, 2.75) is 26.2 Å². The Labute approximate surface area is 182 Å². The lowest BCUT2D eigenvalue weighted by molar-refractivity contribution is 0.102. The van der Waals surface area contributed by atoms with Gasteiger partial charge in [0.2, 0.25) is 0 Å². The smallest absolute Gasteiger partial charge is 0.255 e. The number of aromatic nitrogens is 2. The van der Waals surface area contributed by atoms with Crippen molar-refractivity contribution in [2.75, 3.05) is 10.0 Å². The molecule has 31 heavy (non-hydrogen) atoms. The lowest BCUT2D eigenvalue weighted by Crippen LogP contribution is -2.17. The number of anilines is 2. The van der Waals surface area contributed by atoms with E-state index in [1.54, 1.807) is 36.7 Å². The van der Waals surface area contributed by atoms with Crippen molar-refractivity contribution in [1.29, 1.82) is 0 Å². The zero-order valence-corrected chi connectivity index (χ0v) is 18.3. The Hall–Kier alpha value is -3.52. The molecule has 0 aliphatic carbocycles. The standard InChI is InChI=1S/C23H24N4O3S/c1-23(2,3)22-24-15-20(16-25-22)26-21(28)18-9-11-19(12-10-18)27-31(29,30)14-13-17-7-5-4-6-8-17/h4-16,27H,1-3H3,(H,26,28)/b14-13+. The summed E-state index contributed by atoms with van der Waals surface area (Å²) in [6, 6.07) is 15.3. The van der Waals surface area contributed by atoms with Crippen LogP contribution < -0.4 is 10.0 Å². The Bertz CT molecular complexity index is 1170. The lowest BCUT2D eigenvalue weighted by Gasteiger charge is -2.16. The van der Waals surface area contributed by atoms with Crippen molar-refractivity contribution in [3.8, 4) is 0 Å². The number of nitrogens with one attached hydrogen (secondary N) is 2.